The number of aromatic nitrogens is 4. The zero-order valence-corrected chi connectivity index (χ0v) is 30.7. The molecule has 2 amide bonds. The second kappa shape index (κ2) is 16.7. The van der Waals surface area contributed by atoms with E-state index in [9.17, 15) is 18.4 Å². The molecule has 4 N–H and O–H groups in total. The predicted octanol–water partition coefficient (Wildman–Crippen LogP) is 3.88. The third kappa shape index (κ3) is 10.2. The Labute approximate surface area is 303 Å². The van der Waals surface area contributed by atoms with Crippen LogP contribution in [0.25, 0.3) is 11.9 Å². The van der Waals surface area contributed by atoms with Gasteiger partial charge in [0.15, 0.2) is 5.82 Å². The summed E-state index contributed by atoms with van der Waals surface area (Å²) in [4.78, 5) is 40.4. The number of amides is 2. The van der Waals surface area contributed by atoms with E-state index in [4.69, 9.17) is 15.2 Å². The zero-order valence-electron chi connectivity index (χ0n) is 30.7. The number of benzene rings is 1. The molecule has 2 aromatic heterocycles. The minimum Gasteiger partial charge on any atom is -0.444 e. The fraction of sp³-hybridized carbons (Fsp3) is 0.528. The highest BCUT2D eigenvalue weighted by Crippen LogP contribution is 2.25. The van der Waals surface area contributed by atoms with Gasteiger partial charge in [0.05, 0.1) is 18.0 Å². The maximum atomic E-state index is 13.7. The molecular weight excluding hydrogens is 674 g/mol. The van der Waals surface area contributed by atoms with Crippen LogP contribution in [0.4, 0.5) is 31.0 Å². The summed E-state index contributed by atoms with van der Waals surface area (Å²) in [5.74, 6) is -0.297. The Morgan fingerprint density at radius 3 is 2.37 bits per heavy atom. The van der Waals surface area contributed by atoms with E-state index in [0.717, 1.165) is 37.0 Å². The van der Waals surface area contributed by atoms with Crippen LogP contribution in [0.15, 0.2) is 36.5 Å². The molecule has 2 aliphatic rings. The second-order valence-electron chi connectivity index (χ2n) is 14.2. The summed E-state index contributed by atoms with van der Waals surface area (Å²) in [6.45, 7) is 15.8. The molecule has 2 aliphatic heterocycles. The summed E-state index contributed by atoms with van der Waals surface area (Å²) < 4.78 is 40.3. The van der Waals surface area contributed by atoms with Crippen molar-refractivity contribution in [2.24, 2.45) is 5.92 Å². The highest BCUT2D eigenvalue weighted by molar-refractivity contribution is 5.85. The Morgan fingerprint density at radius 1 is 1.04 bits per heavy atom. The number of nitrogen functional groups attached to an aromatic ring is 1. The number of nitrogens with zero attached hydrogens (tertiary/aromatic N) is 7. The lowest BCUT2D eigenvalue weighted by Gasteiger charge is -2.39. The average Bonchev–Trinajstić information content (AvgIpc) is 3.42. The molecule has 2 saturated heterocycles. The lowest BCUT2D eigenvalue weighted by Crippen LogP contribution is -2.55. The third-order valence-electron chi connectivity index (χ3n) is 9.13. The first-order chi connectivity index (χ1) is 24.7. The normalized spacial score (nSPS) is 16.8. The Kier molecular flexibility index (Phi) is 12.3. The summed E-state index contributed by atoms with van der Waals surface area (Å²) >= 11 is 0. The molecule has 282 valence electrons. The van der Waals surface area contributed by atoms with Gasteiger partial charge in [-0.1, -0.05) is 32.4 Å². The Hall–Kier alpha value is -4.83. The molecule has 5 rings (SSSR count). The van der Waals surface area contributed by atoms with Gasteiger partial charge in [-0.05, 0) is 45.7 Å². The molecule has 1 aromatic carbocycles. The molecule has 2 atom stereocenters. The van der Waals surface area contributed by atoms with Crippen molar-refractivity contribution in [3.63, 3.8) is 0 Å². The summed E-state index contributed by atoms with van der Waals surface area (Å²) in [6, 6.07) is 4.69. The second-order valence-corrected chi connectivity index (χ2v) is 14.2. The molecule has 2 unspecified atom stereocenters. The van der Waals surface area contributed by atoms with Gasteiger partial charge in [0.2, 0.25) is 11.9 Å². The van der Waals surface area contributed by atoms with Crippen molar-refractivity contribution in [3.8, 4) is 5.82 Å². The number of ether oxygens (including phenoxy) is 2. The van der Waals surface area contributed by atoms with Crippen LogP contribution in [-0.4, -0.2) is 107 Å². The number of alkyl carbamates (subject to hydrolysis) is 1. The average molecular weight is 725 g/mol. The van der Waals surface area contributed by atoms with E-state index >= 15 is 0 Å². The van der Waals surface area contributed by atoms with Gasteiger partial charge in [0.1, 0.15) is 35.8 Å². The number of nitrogens with two attached hydrogens (primary N) is 1. The molecule has 0 radical (unpaired) electrons. The molecule has 2 fully saturated rings. The molecule has 0 bridgehead atoms. The van der Waals surface area contributed by atoms with Gasteiger partial charge >= 0.3 is 6.09 Å². The van der Waals surface area contributed by atoms with E-state index in [1.54, 1.807) is 31.6 Å². The van der Waals surface area contributed by atoms with Gasteiger partial charge in [-0.15, -0.1) is 0 Å². The first kappa shape index (κ1) is 38.4. The van der Waals surface area contributed by atoms with Gasteiger partial charge in [0, 0.05) is 69.2 Å². The molecule has 0 saturated carbocycles. The molecule has 52 heavy (non-hydrogen) atoms. The van der Waals surface area contributed by atoms with Gasteiger partial charge in [0.25, 0.3) is 0 Å². The first-order valence-corrected chi connectivity index (χ1v) is 17.6. The van der Waals surface area contributed by atoms with Crippen molar-refractivity contribution >= 4 is 35.5 Å². The Bertz CT molecular complexity index is 1710. The maximum absolute atomic E-state index is 13.7. The maximum Gasteiger partial charge on any atom is 0.408 e. The smallest absolute Gasteiger partial charge is 0.408 e. The van der Waals surface area contributed by atoms with Crippen LogP contribution in [-0.2, 0) is 14.3 Å². The van der Waals surface area contributed by atoms with Crippen LogP contribution in [0.3, 0.4) is 0 Å². The summed E-state index contributed by atoms with van der Waals surface area (Å²) in [5, 5.41) is 10.0. The van der Waals surface area contributed by atoms with Crippen molar-refractivity contribution in [3.05, 3.63) is 59.4 Å². The largest absolute Gasteiger partial charge is 0.444 e. The first-order valence-electron chi connectivity index (χ1n) is 17.6. The topological polar surface area (TPSA) is 156 Å². The van der Waals surface area contributed by atoms with Crippen molar-refractivity contribution in [1.29, 1.82) is 0 Å². The van der Waals surface area contributed by atoms with Crippen LogP contribution in [0.1, 0.15) is 52.3 Å². The third-order valence-corrected chi connectivity index (χ3v) is 9.13. The number of anilines is 3. The van der Waals surface area contributed by atoms with E-state index in [2.05, 4.69) is 36.7 Å². The lowest BCUT2D eigenvalue weighted by molar-refractivity contribution is -0.127. The van der Waals surface area contributed by atoms with Gasteiger partial charge in [-0.2, -0.15) is 15.1 Å². The number of hydrogen-bond acceptors (Lipinski definition) is 11. The van der Waals surface area contributed by atoms with Crippen molar-refractivity contribution in [2.75, 3.05) is 68.1 Å². The van der Waals surface area contributed by atoms with E-state index in [1.165, 1.54) is 12.1 Å². The minimum atomic E-state index is -0.755. The number of carbonyl (C=O) groups excluding carboxylic acids is 2. The van der Waals surface area contributed by atoms with Crippen molar-refractivity contribution in [1.82, 2.24) is 35.3 Å². The van der Waals surface area contributed by atoms with Crippen molar-refractivity contribution in [2.45, 2.75) is 65.7 Å². The highest BCUT2D eigenvalue weighted by atomic mass is 19.1. The highest BCUT2D eigenvalue weighted by Gasteiger charge is 2.31. The minimum absolute atomic E-state index is 0.00739. The van der Waals surface area contributed by atoms with Crippen molar-refractivity contribution < 1.29 is 27.8 Å². The number of carbonyl (C=O) groups is 2. The molecule has 16 heteroatoms. The molecular formula is C36H50F2N10O4. The number of hydrogen-bond donors (Lipinski definition) is 3. The van der Waals surface area contributed by atoms with Gasteiger partial charge < -0.3 is 35.6 Å². The molecule has 3 aromatic rings. The quantitative estimate of drug-likeness (QED) is 0.220. The van der Waals surface area contributed by atoms with E-state index in [0.29, 0.717) is 49.9 Å². The lowest BCUT2D eigenvalue weighted by atomic mass is 9.98. The van der Waals surface area contributed by atoms with E-state index < -0.39 is 29.4 Å². The van der Waals surface area contributed by atoms with Gasteiger partial charge in [-0.3, -0.25) is 9.69 Å². The van der Waals surface area contributed by atoms with Gasteiger partial charge in [-0.25, -0.2) is 18.3 Å². The Balaban J connectivity index is 1.09. The summed E-state index contributed by atoms with van der Waals surface area (Å²) in [6.07, 6.45) is 5.78. The van der Waals surface area contributed by atoms with E-state index in [1.807, 2.05) is 42.7 Å². The predicted molar refractivity (Wildman–Crippen MR) is 195 cm³/mol. The molecule has 0 spiro atoms. The fourth-order valence-electron chi connectivity index (χ4n) is 5.97. The number of rotatable bonds is 13. The number of halogens is 2. The number of nitrogens with one attached hydrogen (secondary N) is 2. The van der Waals surface area contributed by atoms with Crippen LogP contribution in [0.2, 0.25) is 0 Å². The molecule has 0 aliphatic carbocycles. The van der Waals surface area contributed by atoms with Crippen LogP contribution >= 0.6 is 0 Å². The van der Waals surface area contributed by atoms with Crippen LogP contribution in [0, 0.1) is 24.5 Å². The summed E-state index contributed by atoms with van der Waals surface area (Å²) in [7, 11) is 0. The molecule has 14 nitrogen and oxygen atoms in total. The van der Waals surface area contributed by atoms with Crippen LogP contribution in [0.5, 0.6) is 0 Å². The monoisotopic (exact) mass is 724 g/mol. The standard InChI is InChI=1S/C36H50F2N10O4/c1-7-23(2)32(44-35(50)52-36(4,5)6)33(49)40-22-51-29-20-47(21-29)30-18-31(43-34(39)42-30)48-24(3)25(19-41-48)9-8-10-45-11-13-46(14-12-45)28-16-26(37)15-27(38)17-28/h8-9,15-19,23,29,32H,7,10-14,20-22H2,1-6H3,(H,40,49)(H,44,50)(H2,39,42,43)/b9-8+. The van der Waals surface area contributed by atoms with Crippen LogP contribution < -0.4 is 26.2 Å². The molecule has 4 heterocycles. The van der Waals surface area contributed by atoms with E-state index in [-0.39, 0.29) is 30.6 Å². The fourth-order valence-corrected chi connectivity index (χ4v) is 5.97. The number of piperazine rings is 1. The zero-order chi connectivity index (χ0) is 37.6. The summed E-state index contributed by atoms with van der Waals surface area (Å²) in [5.41, 5.74) is 7.82. The Morgan fingerprint density at radius 2 is 1.71 bits per heavy atom. The SMILES string of the molecule is CCC(C)C(NC(=O)OC(C)(C)C)C(=O)NCOC1CN(c2cc(-n3ncc(/C=C/CN4CCN(c5cc(F)cc(F)c5)CC4)c3C)nc(N)n2)C1.